The molecule has 8 heteroatoms. The van der Waals surface area contributed by atoms with E-state index in [0.29, 0.717) is 11.4 Å². The quantitative estimate of drug-likeness (QED) is 0.495. The minimum absolute atomic E-state index is 0.0595. The number of aryl methyl sites for hydroxylation is 1. The second-order valence-electron chi connectivity index (χ2n) is 7.68. The third-order valence-corrected chi connectivity index (χ3v) is 7.87. The molecular weight excluding hydrogens is 467 g/mol. The zero-order valence-electron chi connectivity index (χ0n) is 17.1. The Balaban J connectivity index is 1.54. The molecule has 0 fully saturated rings. The van der Waals surface area contributed by atoms with Gasteiger partial charge in [0.2, 0.25) is 10.0 Å². The van der Waals surface area contributed by atoms with Crippen molar-refractivity contribution in [3.63, 3.8) is 0 Å². The Kier molecular flexibility index (Phi) is 6.86. The number of fused-ring (bicyclic) bond motifs is 1. The lowest BCUT2D eigenvalue weighted by atomic mass is 9.88. The lowest BCUT2D eigenvalue weighted by Crippen LogP contribution is -2.31. The molecule has 0 saturated heterocycles. The normalized spacial score (nSPS) is 15.8. The van der Waals surface area contributed by atoms with Gasteiger partial charge in [-0.05, 0) is 60.2 Å². The van der Waals surface area contributed by atoms with Crippen molar-refractivity contribution in [2.45, 2.75) is 36.7 Å². The van der Waals surface area contributed by atoms with Crippen molar-refractivity contribution in [3.8, 4) is 0 Å². The van der Waals surface area contributed by atoms with E-state index in [1.165, 1.54) is 18.2 Å². The summed E-state index contributed by atoms with van der Waals surface area (Å²) in [5.74, 6) is -0.416. The van der Waals surface area contributed by atoms with E-state index in [1.807, 2.05) is 42.5 Å². The minimum Gasteiger partial charge on any atom is -0.348 e. The smallest absolute Gasteiger partial charge is 0.251 e. The molecule has 5 nitrogen and oxygen atoms in total. The number of amides is 1. The van der Waals surface area contributed by atoms with Gasteiger partial charge in [-0.15, -0.1) is 0 Å². The number of carbonyl (C=O) groups is 1. The first-order valence-corrected chi connectivity index (χ1v) is 12.5. The molecule has 3 aromatic rings. The summed E-state index contributed by atoms with van der Waals surface area (Å²) >= 11 is 12.4. The molecule has 0 saturated carbocycles. The van der Waals surface area contributed by atoms with E-state index in [0.717, 1.165) is 29.5 Å². The fourth-order valence-electron chi connectivity index (χ4n) is 3.90. The number of hydrogen-bond acceptors (Lipinski definition) is 3. The molecule has 0 heterocycles. The fraction of sp³-hybridized carbons (Fsp3) is 0.208. The van der Waals surface area contributed by atoms with Crippen LogP contribution in [0.15, 0.2) is 71.6 Å². The summed E-state index contributed by atoms with van der Waals surface area (Å²) in [5.41, 5.74) is 3.09. The van der Waals surface area contributed by atoms with E-state index < -0.39 is 15.9 Å². The topological polar surface area (TPSA) is 75.3 Å². The highest BCUT2D eigenvalue weighted by Gasteiger charge is 2.27. The molecule has 0 bridgehead atoms. The van der Waals surface area contributed by atoms with E-state index in [9.17, 15) is 13.2 Å². The Bertz CT molecular complexity index is 1260. The summed E-state index contributed by atoms with van der Waals surface area (Å²) in [4.78, 5) is 12.5. The zero-order valence-corrected chi connectivity index (χ0v) is 19.5. The third kappa shape index (κ3) is 4.99. The fourth-order valence-corrected chi connectivity index (χ4v) is 5.88. The van der Waals surface area contributed by atoms with Crippen molar-refractivity contribution in [2.24, 2.45) is 0 Å². The summed E-state index contributed by atoms with van der Waals surface area (Å²) < 4.78 is 29.1. The van der Waals surface area contributed by atoms with Gasteiger partial charge in [-0.2, -0.15) is 0 Å². The summed E-state index contributed by atoms with van der Waals surface area (Å²) in [6, 6.07) is 18.9. The molecule has 0 aromatic heterocycles. The molecule has 32 heavy (non-hydrogen) atoms. The lowest BCUT2D eigenvalue weighted by Gasteiger charge is -2.26. The maximum atomic E-state index is 13.2. The van der Waals surface area contributed by atoms with Crippen molar-refractivity contribution in [3.05, 3.63) is 99.0 Å². The highest BCUT2D eigenvalue weighted by atomic mass is 35.5. The van der Waals surface area contributed by atoms with Crippen LogP contribution < -0.4 is 10.0 Å². The van der Waals surface area contributed by atoms with Gasteiger partial charge >= 0.3 is 0 Å². The Morgan fingerprint density at radius 3 is 2.53 bits per heavy atom. The van der Waals surface area contributed by atoms with E-state index in [1.54, 1.807) is 6.07 Å². The van der Waals surface area contributed by atoms with Crippen molar-refractivity contribution in [1.82, 2.24) is 10.0 Å². The molecule has 1 aliphatic carbocycles. The van der Waals surface area contributed by atoms with Gasteiger partial charge in [-0.3, -0.25) is 4.79 Å². The molecule has 0 radical (unpaired) electrons. The molecule has 0 aliphatic heterocycles. The van der Waals surface area contributed by atoms with Gasteiger partial charge in [0.15, 0.2) is 0 Å². The average molecular weight is 489 g/mol. The van der Waals surface area contributed by atoms with Gasteiger partial charge < -0.3 is 5.32 Å². The zero-order chi connectivity index (χ0) is 22.7. The van der Waals surface area contributed by atoms with E-state index in [2.05, 4.69) is 10.0 Å². The predicted octanol–water partition coefficient (Wildman–Crippen LogP) is 5.28. The van der Waals surface area contributed by atoms with Crippen LogP contribution in [-0.2, 0) is 23.0 Å². The molecule has 4 rings (SSSR count). The van der Waals surface area contributed by atoms with Crippen molar-refractivity contribution >= 4 is 39.1 Å². The van der Waals surface area contributed by atoms with Crippen LogP contribution in [0.1, 0.15) is 45.9 Å². The number of benzene rings is 3. The lowest BCUT2D eigenvalue weighted by molar-refractivity contribution is 0.0950. The van der Waals surface area contributed by atoms with Crippen LogP contribution >= 0.6 is 23.2 Å². The van der Waals surface area contributed by atoms with Crippen LogP contribution in [0.4, 0.5) is 0 Å². The van der Waals surface area contributed by atoms with Crippen molar-refractivity contribution in [1.29, 1.82) is 0 Å². The van der Waals surface area contributed by atoms with E-state index in [-0.39, 0.29) is 28.1 Å². The first kappa shape index (κ1) is 22.8. The maximum absolute atomic E-state index is 13.2. The minimum atomic E-state index is -3.95. The second kappa shape index (κ2) is 9.63. The first-order valence-electron chi connectivity index (χ1n) is 10.3. The number of rotatable bonds is 6. The van der Waals surface area contributed by atoms with E-state index >= 15 is 0 Å². The predicted molar refractivity (Wildman–Crippen MR) is 127 cm³/mol. The van der Waals surface area contributed by atoms with Gasteiger partial charge in [0.05, 0.1) is 5.02 Å². The van der Waals surface area contributed by atoms with Crippen LogP contribution in [0.25, 0.3) is 0 Å². The van der Waals surface area contributed by atoms with Crippen LogP contribution in [0.3, 0.4) is 0 Å². The summed E-state index contributed by atoms with van der Waals surface area (Å²) in [6.45, 7) is 0.223. The molecule has 2 N–H and O–H groups in total. The van der Waals surface area contributed by atoms with Crippen LogP contribution in [0.2, 0.25) is 10.0 Å². The highest BCUT2D eigenvalue weighted by molar-refractivity contribution is 7.89. The molecule has 1 aliphatic rings. The van der Waals surface area contributed by atoms with Crippen molar-refractivity contribution in [2.75, 3.05) is 0 Å². The summed E-state index contributed by atoms with van der Waals surface area (Å²) in [5, 5.41) is 3.37. The molecular formula is C24H22Cl2N2O3S. The molecule has 166 valence electrons. The van der Waals surface area contributed by atoms with E-state index in [4.69, 9.17) is 23.2 Å². The SMILES string of the molecule is O=C(NCc1ccccc1Cl)c1ccc(Cl)c(S(=O)(=O)N[C@H]2CCCc3ccccc32)c1. The molecule has 0 spiro atoms. The number of carbonyl (C=O) groups excluding carboxylic acids is 1. The monoisotopic (exact) mass is 488 g/mol. The Morgan fingerprint density at radius 2 is 1.72 bits per heavy atom. The molecule has 0 unspecified atom stereocenters. The van der Waals surface area contributed by atoms with Crippen LogP contribution in [0.5, 0.6) is 0 Å². The first-order chi connectivity index (χ1) is 15.3. The van der Waals surface area contributed by atoms with Crippen LogP contribution in [0, 0.1) is 0 Å². The van der Waals surface area contributed by atoms with Gasteiger partial charge in [0, 0.05) is 23.2 Å². The van der Waals surface area contributed by atoms with Gasteiger partial charge in [0.1, 0.15) is 4.90 Å². The van der Waals surface area contributed by atoms with Gasteiger partial charge in [-0.25, -0.2) is 13.1 Å². The van der Waals surface area contributed by atoms with Gasteiger partial charge in [-0.1, -0.05) is 65.7 Å². The number of halogens is 2. The molecule has 3 aromatic carbocycles. The van der Waals surface area contributed by atoms with Crippen LogP contribution in [-0.4, -0.2) is 14.3 Å². The highest BCUT2D eigenvalue weighted by Crippen LogP contribution is 2.32. The third-order valence-electron chi connectivity index (χ3n) is 5.55. The van der Waals surface area contributed by atoms with Gasteiger partial charge in [0.25, 0.3) is 5.91 Å². The largest absolute Gasteiger partial charge is 0.348 e. The Labute approximate surface area is 197 Å². The number of nitrogens with one attached hydrogen (secondary N) is 2. The number of hydrogen-bond donors (Lipinski definition) is 2. The Hall–Kier alpha value is -2.38. The van der Waals surface area contributed by atoms with Crippen molar-refractivity contribution < 1.29 is 13.2 Å². The second-order valence-corrected chi connectivity index (χ2v) is 10.2. The maximum Gasteiger partial charge on any atom is 0.251 e. The Morgan fingerprint density at radius 1 is 0.969 bits per heavy atom. The molecule has 1 atom stereocenters. The average Bonchev–Trinajstić information content (AvgIpc) is 2.78. The summed E-state index contributed by atoms with van der Waals surface area (Å²) in [7, 11) is -3.95. The standard InChI is InChI=1S/C24H22Cl2N2O3S/c25-20-10-4-2-7-18(20)15-27-24(29)17-12-13-21(26)23(14-17)32(30,31)28-22-11-5-8-16-6-1-3-9-19(16)22/h1-4,6-7,9-10,12-14,22,28H,5,8,11,15H2,(H,27,29)/t22-/m0/s1. The molecule has 1 amide bonds. The summed E-state index contributed by atoms with van der Waals surface area (Å²) in [6.07, 6.45) is 2.52. The number of sulfonamides is 1.